The van der Waals surface area contributed by atoms with Crippen LogP contribution in [0.1, 0.15) is 15.9 Å². The van der Waals surface area contributed by atoms with Gasteiger partial charge in [0.2, 0.25) is 5.91 Å². The van der Waals surface area contributed by atoms with Gasteiger partial charge in [0.1, 0.15) is 12.4 Å². The number of carboxylic acid groups (broad SMARTS) is 1. The summed E-state index contributed by atoms with van der Waals surface area (Å²) in [5.74, 6) is -0.413. The first-order valence-corrected chi connectivity index (χ1v) is 7.49. The van der Waals surface area contributed by atoms with Crippen LogP contribution in [0.3, 0.4) is 0 Å². The number of nitrogens with two attached hydrogens (primary N) is 1. The molecular formula is C16H18FN3O5. The van der Waals surface area contributed by atoms with Crippen molar-refractivity contribution in [3.05, 3.63) is 41.2 Å². The number of fused-ring (bicyclic) bond motifs is 1. The van der Waals surface area contributed by atoms with E-state index in [1.54, 1.807) is 18.2 Å². The Balaban J connectivity index is 2.01. The number of halogens is 1. The lowest BCUT2D eigenvalue weighted by molar-refractivity contribution is -0.118. The van der Waals surface area contributed by atoms with Crippen LogP contribution < -0.4 is 15.8 Å². The molecule has 2 rings (SSSR count). The Hall–Kier alpha value is -3.10. The van der Waals surface area contributed by atoms with Crippen molar-refractivity contribution >= 4 is 17.9 Å². The SMILES string of the molecule is NC(=O)CN1CCc2cc(OC/C(=C\F)CNC(=O)O)ccc2C1=O. The Morgan fingerprint density at radius 3 is 2.84 bits per heavy atom. The number of primary amides is 1. The lowest BCUT2D eigenvalue weighted by Crippen LogP contribution is -2.42. The van der Waals surface area contributed by atoms with Crippen LogP contribution in [0.5, 0.6) is 5.75 Å². The standard InChI is InChI=1S/C16H18FN3O5/c17-6-10(7-19-16(23)24)9-25-12-1-2-13-11(5-12)3-4-20(15(13)22)8-14(18)21/h1-2,5-6,19H,3-4,7-9H2,(H2,18,21)(H,23,24)/b10-6-. The Morgan fingerprint density at radius 2 is 2.20 bits per heavy atom. The third-order valence-corrected chi connectivity index (χ3v) is 3.64. The average molecular weight is 351 g/mol. The van der Waals surface area contributed by atoms with E-state index < -0.39 is 12.0 Å². The van der Waals surface area contributed by atoms with Crippen LogP contribution in [-0.4, -0.2) is 54.2 Å². The predicted molar refractivity (Wildman–Crippen MR) is 86.0 cm³/mol. The second-order valence-corrected chi connectivity index (χ2v) is 5.48. The summed E-state index contributed by atoms with van der Waals surface area (Å²) in [6.07, 6.45) is -0.426. The zero-order valence-corrected chi connectivity index (χ0v) is 13.3. The second kappa shape index (κ2) is 8.13. The quantitative estimate of drug-likeness (QED) is 0.666. The Bertz CT molecular complexity index is 720. The molecule has 0 bridgehead atoms. The number of carbonyl (C=O) groups is 3. The first-order chi connectivity index (χ1) is 11.9. The van der Waals surface area contributed by atoms with Gasteiger partial charge in [0.25, 0.3) is 5.91 Å². The fraction of sp³-hybridized carbons (Fsp3) is 0.312. The normalized spacial score (nSPS) is 14.0. The minimum atomic E-state index is -1.26. The summed E-state index contributed by atoms with van der Waals surface area (Å²) >= 11 is 0. The summed E-state index contributed by atoms with van der Waals surface area (Å²) in [4.78, 5) is 35.1. The van der Waals surface area contributed by atoms with Gasteiger partial charge in [0, 0.05) is 24.2 Å². The van der Waals surface area contributed by atoms with Gasteiger partial charge in [-0.3, -0.25) is 9.59 Å². The molecular weight excluding hydrogens is 333 g/mol. The summed E-state index contributed by atoms with van der Waals surface area (Å²) in [5, 5.41) is 10.6. The first-order valence-electron chi connectivity index (χ1n) is 7.49. The maximum absolute atomic E-state index is 12.7. The van der Waals surface area contributed by atoms with Crippen molar-refractivity contribution in [1.29, 1.82) is 0 Å². The molecule has 0 aliphatic carbocycles. The molecule has 0 unspecified atom stereocenters. The van der Waals surface area contributed by atoms with E-state index in [2.05, 4.69) is 0 Å². The maximum Gasteiger partial charge on any atom is 0.404 e. The van der Waals surface area contributed by atoms with E-state index in [9.17, 15) is 18.8 Å². The number of ether oxygens (including phenoxy) is 1. The number of nitrogens with zero attached hydrogens (tertiary/aromatic N) is 1. The molecule has 1 aromatic carbocycles. The van der Waals surface area contributed by atoms with Gasteiger partial charge >= 0.3 is 6.09 Å². The largest absolute Gasteiger partial charge is 0.489 e. The average Bonchev–Trinajstić information content (AvgIpc) is 2.57. The summed E-state index contributed by atoms with van der Waals surface area (Å²) in [5.41, 5.74) is 6.48. The zero-order chi connectivity index (χ0) is 18.4. The van der Waals surface area contributed by atoms with Crippen LogP contribution in [-0.2, 0) is 11.2 Å². The lowest BCUT2D eigenvalue weighted by atomic mass is 9.98. The molecule has 1 aliphatic rings. The number of nitrogens with one attached hydrogen (secondary N) is 1. The molecule has 3 amide bonds. The fourth-order valence-corrected chi connectivity index (χ4v) is 2.43. The highest BCUT2D eigenvalue weighted by Crippen LogP contribution is 2.24. The van der Waals surface area contributed by atoms with Gasteiger partial charge in [-0.15, -0.1) is 0 Å². The Labute approximate surface area is 143 Å². The molecule has 0 saturated carbocycles. The lowest BCUT2D eigenvalue weighted by Gasteiger charge is -2.27. The van der Waals surface area contributed by atoms with E-state index in [0.29, 0.717) is 30.6 Å². The van der Waals surface area contributed by atoms with E-state index >= 15 is 0 Å². The van der Waals surface area contributed by atoms with Crippen LogP contribution in [0.4, 0.5) is 9.18 Å². The third kappa shape index (κ3) is 4.93. The number of carbonyl (C=O) groups excluding carboxylic acids is 2. The van der Waals surface area contributed by atoms with Gasteiger partial charge in [-0.1, -0.05) is 0 Å². The number of hydrogen-bond acceptors (Lipinski definition) is 4. The predicted octanol–water partition coefficient (Wildman–Crippen LogP) is 0.670. The van der Waals surface area contributed by atoms with Gasteiger partial charge in [0.05, 0.1) is 12.9 Å². The van der Waals surface area contributed by atoms with Crippen molar-refractivity contribution in [1.82, 2.24) is 10.2 Å². The van der Waals surface area contributed by atoms with E-state index in [4.69, 9.17) is 15.6 Å². The van der Waals surface area contributed by atoms with E-state index in [0.717, 1.165) is 5.56 Å². The summed E-state index contributed by atoms with van der Waals surface area (Å²) in [6.45, 7) is -0.0667. The van der Waals surface area contributed by atoms with Gasteiger partial charge in [-0.25, -0.2) is 9.18 Å². The number of rotatable bonds is 7. The second-order valence-electron chi connectivity index (χ2n) is 5.48. The number of amides is 3. The van der Waals surface area contributed by atoms with Crippen molar-refractivity contribution in [2.45, 2.75) is 6.42 Å². The summed E-state index contributed by atoms with van der Waals surface area (Å²) in [6, 6.07) is 4.81. The van der Waals surface area contributed by atoms with Crippen LogP contribution in [0, 0.1) is 0 Å². The first kappa shape index (κ1) is 18.2. The van der Waals surface area contributed by atoms with Crippen LogP contribution in [0.2, 0.25) is 0 Å². The minimum absolute atomic E-state index is 0.127. The minimum Gasteiger partial charge on any atom is -0.489 e. The third-order valence-electron chi connectivity index (χ3n) is 3.64. The van der Waals surface area contributed by atoms with Crippen molar-refractivity contribution in [2.24, 2.45) is 5.73 Å². The molecule has 1 aliphatic heterocycles. The van der Waals surface area contributed by atoms with Crippen LogP contribution in [0.25, 0.3) is 0 Å². The Morgan fingerprint density at radius 1 is 1.44 bits per heavy atom. The molecule has 0 atom stereocenters. The monoisotopic (exact) mass is 351 g/mol. The highest BCUT2D eigenvalue weighted by Gasteiger charge is 2.25. The summed E-state index contributed by atoms with van der Waals surface area (Å²) in [7, 11) is 0. The van der Waals surface area contributed by atoms with E-state index in [1.165, 1.54) is 4.90 Å². The highest BCUT2D eigenvalue weighted by atomic mass is 19.1. The highest BCUT2D eigenvalue weighted by molar-refractivity contribution is 5.98. The molecule has 8 nitrogen and oxygen atoms in total. The molecule has 0 spiro atoms. The van der Waals surface area contributed by atoms with Crippen molar-refractivity contribution in [2.75, 3.05) is 26.2 Å². The molecule has 0 radical (unpaired) electrons. The maximum atomic E-state index is 12.7. The van der Waals surface area contributed by atoms with E-state index in [-0.39, 0.29) is 31.2 Å². The zero-order valence-electron chi connectivity index (χ0n) is 13.3. The molecule has 0 fully saturated rings. The van der Waals surface area contributed by atoms with Crippen LogP contribution in [0.15, 0.2) is 30.1 Å². The van der Waals surface area contributed by atoms with Crippen molar-refractivity contribution in [3.8, 4) is 5.75 Å². The Kier molecular flexibility index (Phi) is 5.93. The van der Waals surface area contributed by atoms with Gasteiger partial charge in [0.15, 0.2) is 0 Å². The molecule has 9 heteroatoms. The fourth-order valence-electron chi connectivity index (χ4n) is 2.43. The molecule has 1 heterocycles. The topological polar surface area (TPSA) is 122 Å². The molecule has 0 aromatic heterocycles. The van der Waals surface area contributed by atoms with Gasteiger partial charge < -0.3 is 25.8 Å². The molecule has 134 valence electrons. The molecule has 4 N–H and O–H groups in total. The molecule has 1 aromatic rings. The van der Waals surface area contributed by atoms with Crippen molar-refractivity contribution in [3.63, 3.8) is 0 Å². The molecule has 25 heavy (non-hydrogen) atoms. The summed E-state index contributed by atoms with van der Waals surface area (Å²) < 4.78 is 18.2. The van der Waals surface area contributed by atoms with Crippen molar-refractivity contribution < 1.29 is 28.6 Å². The van der Waals surface area contributed by atoms with Gasteiger partial charge in [-0.05, 0) is 30.2 Å². The van der Waals surface area contributed by atoms with E-state index in [1.807, 2.05) is 5.32 Å². The van der Waals surface area contributed by atoms with Crippen LogP contribution >= 0.6 is 0 Å². The number of benzene rings is 1. The number of hydrogen-bond donors (Lipinski definition) is 3. The van der Waals surface area contributed by atoms with Gasteiger partial charge in [-0.2, -0.15) is 0 Å². The molecule has 0 saturated heterocycles. The smallest absolute Gasteiger partial charge is 0.404 e.